The largest absolute Gasteiger partial charge is 0.382 e. The van der Waals surface area contributed by atoms with Crippen molar-refractivity contribution in [1.82, 2.24) is 9.78 Å². The number of aliphatic hydroxyl groups is 1. The third-order valence-corrected chi connectivity index (χ3v) is 4.32. The number of fused-ring (bicyclic) bond motifs is 1. The topological polar surface area (TPSA) is 38.0 Å². The van der Waals surface area contributed by atoms with Crippen LogP contribution >= 0.6 is 27.5 Å². The van der Waals surface area contributed by atoms with Gasteiger partial charge in [-0.15, -0.1) is 0 Å². The van der Waals surface area contributed by atoms with Crippen molar-refractivity contribution >= 4 is 38.3 Å². The first-order valence-electron chi connectivity index (χ1n) is 6.68. The fraction of sp³-hybridized carbons (Fsp3) is 0.188. The van der Waals surface area contributed by atoms with E-state index in [4.69, 9.17) is 11.6 Å². The highest BCUT2D eigenvalue weighted by Crippen LogP contribution is 2.30. The minimum atomic E-state index is -0.784. The first kappa shape index (κ1) is 14.6. The first-order valence-corrected chi connectivity index (χ1v) is 7.85. The molecule has 1 heterocycles. The van der Waals surface area contributed by atoms with Crippen molar-refractivity contribution in [3.05, 3.63) is 63.3 Å². The van der Waals surface area contributed by atoms with Gasteiger partial charge in [0.1, 0.15) is 6.10 Å². The normalized spacial score (nSPS) is 12.8. The molecule has 1 aromatic heterocycles. The molecule has 0 saturated carbocycles. The molecule has 0 aliphatic carbocycles. The number of hydrogen-bond donors (Lipinski definition) is 1. The standard InChI is InChI=1S/C16H14BrClN2O/c1-2-20-15(14(18)9-19-20)16(21)12-4-3-11-8-13(17)6-5-10(11)7-12/h3-9,16,21H,2H2,1H3. The Labute approximate surface area is 136 Å². The highest BCUT2D eigenvalue weighted by Gasteiger charge is 2.19. The summed E-state index contributed by atoms with van der Waals surface area (Å²) in [5, 5.41) is 17.5. The van der Waals surface area contributed by atoms with Crippen LogP contribution in [0.1, 0.15) is 24.3 Å². The first-order chi connectivity index (χ1) is 10.1. The summed E-state index contributed by atoms with van der Waals surface area (Å²) in [4.78, 5) is 0. The summed E-state index contributed by atoms with van der Waals surface area (Å²) in [5.74, 6) is 0. The van der Waals surface area contributed by atoms with E-state index in [2.05, 4.69) is 27.1 Å². The number of benzene rings is 2. The minimum absolute atomic E-state index is 0.486. The zero-order valence-electron chi connectivity index (χ0n) is 11.4. The fourth-order valence-corrected chi connectivity index (χ4v) is 3.08. The van der Waals surface area contributed by atoms with Crippen LogP contribution < -0.4 is 0 Å². The molecule has 2 aromatic carbocycles. The third kappa shape index (κ3) is 2.71. The Morgan fingerprint density at radius 3 is 2.71 bits per heavy atom. The zero-order chi connectivity index (χ0) is 15.0. The molecule has 0 radical (unpaired) electrons. The van der Waals surface area contributed by atoms with Crippen LogP contribution in [0, 0.1) is 0 Å². The van der Waals surface area contributed by atoms with Crippen LogP contribution in [0.2, 0.25) is 5.02 Å². The zero-order valence-corrected chi connectivity index (χ0v) is 13.8. The average Bonchev–Trinajstić information content (AvgIpc) is 2.86. The molecule has 0 aliphatic rings. The molecule has 1 unspecified atom stereocenters. The van der Waals surface area contributed by atoms with E-state index in [-0.39, 0.29) is 0 Å². The quantitative estimate of drug-likeness (QED) is 0.739. The molecule has 5 heteroatoms. The maximum absolute atomic E-state index is 10.6. The Bertz CT molecular complexity index is 800. The maximum Gasteiger partial charge on any atom is 0.122 e. The predicted molar refractivity (Wildman–Crippen MR) is 88.6 cm³/mol. The second-order valence-electron chi connectivity index (χ2n) is 4.85. The van der Waals surface area contributed by atoms with Gasteiger partial charge in [0, 0.05) is 11.0 Å². The van der Waals surface area contributed by atoms with Crippen molar-refractivity contribution in [3.8, 4) is 0 Å². The summed E-state index contributed by atoms with van der Waals surface area (Å²) >= 11 is 9.62. The average molecular weight is 366 g/mol. The minimum Gasteiger partial charge on any atom is -0.382 e. The molecular formula is C16H14BrClN2O. The van der Waals surface area contributed by atoms with Gasteiger partial charge in [0.05, 0.1) is 16.9 Å². The summed E-state index contributed by atoms with van der Waals surface area (Å²) in [6, 6.07) is 12.0. The van der Waals surface area contributed by atoms with Crippen molar-refractivity contribution in [2.45, 2.75) is 19.6 Å². The van der Waals surface area contributed by atoms with E-state index >= 15 is 0 Å². The molecule has 1 atom stereocenters. The van der Waals surface area contributed by atoms with Crippen LogP contribution in [0.15, 0.2) is 47.1 Å². The van der Waals surface area contributed by atoms with Gasteiger partial charge < -0.3 is 5.11 Å². The lowest BCUT2D eigenvalue weighted by Gasteiger charge is -2.14. The van der Waals surface area contributed by atoms with E-state index in [1.807, 2.05) is 37.3 Å². The second-order valence-corrected chi connectivity index (χ2v) is 6.17. The summed E-state index contributed by atoms with van der Waals surface area (Å²) in [7, 11) is 0. The van der Waals surface area contributed by atoms with Crippen molar-refractivity contribution in [3.63, 3.8) is 0 Å². The van der Waals surface area contributed by atoms with Gasteiger partial charge in [-0.2, -0.15) is 5.10 Å². The highest BCUT2D eigenvalue weighted by molar-refractivity contribution is 9.10. The number of aromatic nitrogens is 2. The number of aryl methyl sites for hydroxylation is 1. The van der Waals surface area contributed by atoms with Gasteiger partial charge in [0.25, 0.3) is 0 Å². The number of halogens is 2. The van der Waals surface area contributed by atoms with Crippen LogP contribution in [0.5, 0.6) is 0 Å². The van der Waals surface area contributed by atoms with Gasteiger partial charge in [-0.1, -0.05) is 45.7 Å². The lowest BCUT2D eigenvalue weighted by molar-refractivity contribution is 0.208. The summed E-state index contributed by atoms with van der Waals surface area (Å²) < 4.78 is 2.76. The Kier molecular flexibility index (Phi) is 4.02. The lowest BCUT2D eigenvalue weighted by Crippen LogP contribution is -2.09. The molecule has 0 spiro atoms. The van der Waals surface area contributed by atoms with Crippen molar-refractivity contribution in [2.24, 2.45) is 0 Å². The number of aliphatic hydroxyl groups excluding tert-OH is 1. The van der Waals surface area contributed by atoms with Crippen LogP contribution in [0.25, 0.3) is 10.8 Å². The molecule has 0 bridgehead atoms. The molecule has 3 nitrogen and oxygen atoms in total. The van der Waals surface area contributed by atoms with E-state index in [1.165, 1.54) is 0 Å². The molecule has 0 saturated heterocycles. The van der Waals surface area contributed by atoms with E-state index in [0.29, 0.717) is 17.3 Å². The summed E-state index contributed by atoms with van der Waals surface area (Å²) in [6.45, 7) is 2.64. The van der Waals surface area contributed by atoms with Gasteiger partial charge in [-0.25, -0.2) is 0 Å². The lowest BCUT2D eigenvalue weighted by atomic mass is 10.0. The van der Waals surface area contributed by atoms with Crippen LogP contribution in [-0.4, -0.2) is 14.9 Å². The van der Waals surface area contributed by atoms with Crippen molar-refractivity contribution in [1.29, 1.82) is 0 Å². The monoisotopic (exact) mass is 364 g/mol. The molecule has 0 aliphatic heterocycles. The summed E-state index contributed by atoms with van der Waals surface area (Å²) in [5.41, 5.74) is 1.44. The molecular weight excluding hydrogens is 352 g/mol. The number of hydrogen-bond acceptors (Lipinski definition) is 2. The summed E-state index contributed by atoms with van der Waals surface area (Å²) in [6.07, 6.45) is 0.787. The maximum atomic E-state index is 10.6. The molecule has 3 rings (SSSR count). The van der Waals surface area contributed by atoms with E-state index in [1.54, 1.807) is 10.9 Å². The molecule has 0 fully saturated rings. The molecule has 3 aromatic rings. The molecule has 0 amide bonds. The fourth-order valence-electron chi connectivity index (χ4n) is 2.46. The van der Waals surface area contributed by atoms with E-state index in [9.17, 15) is 5.11 Å². The van der Waals surface area contributed by atoms with E-state index in [0.717, 1.165) is 20.8 Å². The van der Waals surface area contributed by atoms with Crippen LogP contribution in [0.3, 0.4) is 0 Å². The van der Waals surface area contributed by atoms with Gasteiger partial charge in [-0.3, -0.25) is 4.68 Å². The second kappa shape index (κ2) is 5.79. The van der Waals surface area contributed by atoms with Gasteiger partial charge in [-0.05, 0) is 41.5 Å². The van der Waals surface area contributed by atoms with Crippen molar-refractivity contribution in [2.75, 3.05) is 0 Å². The Hall–Kier alpha value is -1.36. The SMILES string of the molecule is CCn1ncc(Cl)c1C(O)c1ccc2cc(Br)ccc2c1. The van der Waals surface area contributed by atoms with Gasteiger partial charge >= 0.3 is 0 Å². The highest BCUT2D eigenvalue weighted by atomic mass is 79.9. The molecule has 21 heavy (non-hydrogen) atoms. The third-order valence-electron chi connectivity index (χ3n) is 3.53. The van der Waals surface area contributed by atoms with Crippen molar-refractivity contribution < 1.29 is 5.11 Å². The van der Waals surface area contributed by atoms with Gasteiger partial charge in [0.15, 0.2) is 0 Å². The predicted octanol–water partition coefficient (Wildman–Crippen LogP) is 4.55. The number of nitrogens with zero attached hydrogens (tertiary/aromatic N) is 2. The van der Waals surface area contributed by atoms with Crippen LogP contribution in [-0.2, 0) is 6.54 Å². The molecule has 108 valence electrons. The number of rotatable bonds is 3. The van der Waals surface area contributed by atoms with Gasteiger partial charge in [0.2, 0.25) is 0 Å². The molecule has 1 N–H and O–H groups in total. The van der Waals surface area contributed by atoms with Crippen LogP contribution in [0.4, 0.5) is 0 Å². The smallest absolute Gasteiger partial charge is 0.122 e. The van der Waals surface area contributed by atoms with E-state index < -0.39 is 6.10 Å². The Balaban J connectivity index is 2.07. The Morgan fingerprint density at radius 2 is 1.95 bits per heavy atom. The Morgan fingerprint density at radius 1 is 1.24 bits per heavy atom.